The summed E-state index contributed by atoms with van der Waals surface area (Å²) >= 11 is 0. The molecule has 25 heavy (non-hydrogen) atoms. The van der Waals surface area contributed by atoms with Gasteiger partial charge in [0, 0.05) is 36.7 Å². The largest absolute Gasteiger partial charge is 0.481 e. The summed E-state index contributed by atoms with van der Waals surface area (Å²) in [5.74, 6) is -1.13. The van der Waals surface area contributed by atoms with Crippen LogP contribution in [0.25, 0.3) is 11.1 Å². The van der Waals surface area contributed by atoms with Crippen molar-refractivity contribution >= 4 is 17.7 Å². The summed E-state index contributed by atoms with van der Waals surface area (Å²) in [5, 5.41) is 12.0. The van der Waals surface area contributed by atoms with Crippen molar-refractivity contribution in [2.24, 2.45) is 5.92 Å². The maximum absolute atomic E-state index is 12.5. The number of carboxylic acid groups (broad SMARTS) is 1. The first kappa shape index (κ1) is 17.0. The molecule has 0 unspecified atom stereocenters. The summed E-state index contributed by atoms with van der Waals surface area (Å²) < 4.78 is 0. The first-order chi connectivity index (χ1) is 12.0. The van der Waals surface area contributed by atoms with Gasteiger partial charge in [-0.3, -0.25) is 9.78 Å². The Balaban J connectivity index is 1.70. The maximum Gasteiger partial charge on any atom is 0.321 e. The number of hydrogen-bond donors (Lipinski definition) is 2. The van der Waals surface area contributed by atoms with E-state index in [4.69, 9.17) is 5.11 Å². The number of nitrogens with one attached hydrogen (secondary N) is 1. The Hall–Kier alpha value is -2.89. The molecule has 3 rings (SSSR count). The van der Waals surface area contributed by atoms with E-state index >= 15 is 0 Å². The second-order valence-electron chi connectivity index (χ2n) is 6.30. The lowest BCUT2D eigenvalue weighted by molar-refractivity contribution is -0.143. The number of hydrogen-bond acceptors (Lipinski definition) is 3. The Morgan fingerprint density at radius 2 is 1.96 bits per heavy atom. The molecule has 0 aliphatic carbocycles. The zero-order chi connectivity index (χ0) is 17.8. The first-order valence-corrected chi connectivity index (χ1v) is 8.34. The van der Waals surface area contributed by atoms with Crippen molar-refractivity contribution in [3.05, 3.63) is 48.3 Å². The van der Waals surface area contributed by atoms with Crippen LogP contribution >= 0.6 is 0 Å². The number of aromatic nitrogens is 1. The second-order valence-corrected chi connectivity index (χ2v) is 6.30. The van der Waals surface area contributed by atoms with Crippen molar-refractivity contribution in [3.8, 4) is 11.1 Å². The number of urea groups is 1. The molecular formula is C19H21N3O3. The number of amides is 2. The van der Waals surface area contributed by atoms with Gasteiger partial charge in [-0.15, -0.1) is 0 Å². The zero-order valence-electron chi connectivity index (χ0n) is 14.1. The molecule has 0 radical (unpaired) electrons. The topological polar surface area (TPSA) is 82.5 Å². The molecule has 6 nitrogen and oxygen atoms in total. The van der Waals surface area contributed by atoms with Gasteiger partial charge in [-0.1, -0.05) is 18.2 Å². The lowest BCUT2D eigenvalue weighted by Gasteiger charge is -2.30. The van der Waals surface area contributed by atoms with Crippen LogP contribution in [0.2, 0.25) is 0 Å². The van der Waals surface area contributed by atoms with Crippen LogP contribution in [0.5, 0.6) is 0 Å². The van der Waals surface area contributed by atoms with Crippen LogP contribution in [-0.2, 0) is 4.79 Å². The van der Waals surface area contributed by atoms with Gasteiger partial charge in [-0.05, 0) is 43.0 Å². The molecule has 1 aromatic carbocycles. The van der Waals surface area contributed by atoms with Crippen molar-refractivity contribution in [2.75, 3.05) is 18.4 Å². The molecule has 1 saturated heterocycles. The molecule has 0 bridgehead atoms. The van der Waals surface area contributed by atoms with Gasteiger partial charge in [0.1, 0.15) is 0 Å². The summed E-state index contributed by atoms with van der Waals surface area (Å²) in [7, 11) is 0. The van der Waals surface area contributed by atoms with Gasteiger partial charge in [0.15, 0.2) is 0 Å². The van der Waals surface area contributed by atoms with Gasteiger partial charge in [-0.2, -0.15) is 0 Å². The van der Waals surface area contributed by atoms with E-state index in [1.54, 1.807) is 17.3 Å². The third kappa shape index (κ3) is 3.96. The van der Waals surface area contributed by atoms with Gasteiger partial charge >= 0.3 is 12.0 Å². The monoisotopic (exact) mass is 339 g/mol. The summed E-state index contributed by atoms with van der Waals surface area (Å²) in [5.41, 5.74) is 3.70. The summed E-state index contributed by atoms with van der Waals surface area (Å²) in [4.78, 5) is 29.3. The minimum atomic E-state index is -0.778. The summed E-state index contributed by atoms with van der Waals surface area (Å²) in [6.45, 7) is 2.87. The molecule has 1 aliphatic heterocycles. The summed E-state index contributed by atoms with van der Waals surface area (Å²) in [6, 6.07) is 9.57. The minimum absolute atomic E-state index is 0.185. The fourth-order valence-corrected chi connectivity index (χ4v) is 2.99. The molecule has 1 aromatic heterocycles. The van der Waals surface area contributed by atoms with Crippen LogP contribution in [0.3, 0.4) is 0 Å². The van der Waals surface area contributed by atoms with Gasteiger partial charge in [0.2, 0.25) is 0 Å². The number of piperidine rings is 1. The van der Waals surface area contributed by atoms with E-state index < -0.39 is 5.97 Å². The quantitative estimate of drug-likeness (QED) is 0.898. The van der Waals surface area contributed by atoms with Crippen LogP contribution < -0.4 is 5.32 Å². The number of nitrogens with zero attached hydrogens (tertiary/aromatic N) is 2. The van der Waals surface area contributed by atoms with Gasteiger partial charge < -0.3 is 15.3 Å². The van der Waals surface area contributed by atoms with Gasteiger partial charge in [-0.25, -0.2) is 4.79 Å². The van der Waals surface area contributed by atoms with E-state index in [0.29, 0.717) is 25.9 Å². The van der Waals surface area contributed by atoms with E-state index in [1.807, 2.05) is 37.3 Å². The van der Waals surface area contributed by atoms with Gasteiger partial charge in [0.25, 0.3) is 0 Å². The number of likely N-dealkylation sites (tertiary alicyclic amines) is 1. The average molecular weight is 339 g/mol. The first-order valence-electron chi connectivity index (χ1n) is 8.34. The number of aliphatic carboxylic acids is 1. The second kappa shape index (κ2) is 7.34. The maximum atomic E-state index is 12.5. The van der Waals surface area contributed by atoms with Crippen LogP contribution in [0.15, 0.2) is 42.7 Å². The Labute approximate surface area is 146 Å². The lowest BCUT2D eigenvalue weighted by atomic mass is 9.97. The van der Waals surface area contributed by atoms with Crippen molar-refractivity contribution in [3.63, 3.8) is 0 Å². The third-order valence-corrected chi connectivity index (χ3v) is 4.61. The number of anilines is 1. The van der Waals surface area contributed by atoms with E-state index in [9.17, 15) is 9.59 Å². The number of benzene rings is 1. The zero-order valence-corrected chi connectivity index (χ0v) is 14.1. The normalized spacial score (nSPS) is 15.0. The highest BCUT2D eigenvalue weighted by atomic mass is 16.4. The minimum Gasteiger partial charge on any atom is -0.481 e. The standard InChI is InChI=1S/C19H21N3O3/c1-13-4-5-15(16-3-2-8-20-12-16)11-17(13)21-19(25)22-9-6-14(7-10-22)18(23)24/h2-5,8,11-12,14H,6-7,9-10H2,1H3,(H,21,25)(H,23,24). The third-order valence-electron chi connectivity index (χ3n) is 4.61. The highest BCUT2D eigenvalue weighted by Crippen LogP contribution is 2.25. The van der Waals surface area contributed by atoms with Crippen LogP contribution in [0.4, 0.5) is 10.5 Å². The highest BCUT2D eigenvalue weighted by Gasteiger charge is 2.27. The van der Waals surface area contributed by atoms with E-state index in [1.165, 1.54) is 0 Å². The smallest absolute Gasteiger partial charge is 0.321 e. The molecule has 0 saturated carbocycles. The molecule has 0 atom stereocenters. The molecular weight excluding hydrogens is 318 g/mol. The Bertz CT molecular complexity index is 769. The fourth-order valence-electron chi connectivity index (χ4n) is 2.99. The predicted molar refractivity (Wildman–Crippen MR) is 95.4 cm³/mol. The van der Waals surface area contributed by atoms with Crippen molar-refractivity contribution in [1.82, 2.24) is 9.88 Å². The Morgan fingerprint density at radius 1 is 1.20 bits per heavy atom. The summed E-state index contributed by atoms with van der Waals surface area (Å²) in [6.07, 6.45) is 4.50. The molecule has 2 amide bonds. The number of pyridine rings is 1. The number of rotatable bonds is 3. The Kier molecular flexibility index (Phi) is 4.97. The molecule has 1 aliphatic rings. The van der Waals surface area contributed by atoms with E-state index in [-0.39, 0.29) is 11.9 Å². The number of carbonyl (C=O) groups is 2. The predicted octanol–water partition coefficient (Wildman–Crippen LogP) is 3.39. The molecule has 2 aromatic rings. The molecule has 130 valence electrons. The number of carboxylic acids is 1. The fraction of sp³-hybridized carbons (Fsp3) is 0.316. The van der Waals surface area contributed by atoms with Crippen LogP contribution in [0, 0.1) is 12.8 Å². The average Bonchev–Trinajstić information content (AvgIpc) is 2.64. The Morgan fingerprint density at radius 3 is 2.60 bits per heavy atom. The highest BCUT2D eigenvalue weighted by molar-refractivity contribution is 5.91. The molecule has 2 N–H and O–H groups in total. The molecule has 1 fully saturated rings. The van der Waals surface area contributed by atoms with E-state index in [0.717, 1.165) is 22.4 Å². The van der Waals surface area contributed by atoms with Crippen LogP contribution in [0.1, 0.15) is 18.4 Å². The number of carbonyl (C=O) groups excluding carboxylic acids is 1. The van der Waals surface area contributed by atoms with Gasteiger partial charge in [0.05, 0.1) is 5.92 Å². The van der Waals surface area contributed by atoms with E-state index in [2.05, 4.69) is 10.3 Å². The number of aryl methyl sites for hydroxylation is 1. The van der Waals surface area contributed by atoms with Crippen molar-refractivity contribution in [1.29, 1.82) is 0 Å². The lowest BCUT2D eigenvalue weighted by Crippen LogP contribution is -2.42. The SMILES string of the molecule is Cc1ccc(-c2cccnc2)cc1NC(=O)N1CCC(C(=O)O)CC1. The molecule has 0 spiro atoms. The van der Waals surface area contributed by atoms with Crippen LogP contribution in [-0.4, -0.2) is 40.1 Å². The van der Waals surface area contributed by atoms with Crippen molar-refractivity contribution < 1.29 is 14.7 Å². The molecule has 6 heteroatoms. The molecule has 2 heterocycles. The van der Waals surface area contributed by atoms with Crippen molar-refractivity contribution in [2.45, 2.75) is 19.8 Å².